The predicted octanol–water partition coefficient (Wildman–Crippen LogP) is 3.60. The van der Waals surface area contributed by atoms with Crippen molar-refractivity contribution in [3.05, 3.63) is 68.7 Å². The maximum absolute atomic E-state index is 13.1. The summed E-state index contributed by atoms with van der Waals surface area (Å²) in [5.41, 5.74) is 2.35. The number of aryl methyl sites for hydroxylation is 1. The summed E-state index contributed by atoms with van der Waals surface area (Å²) in [6.07, 6.45) is 3.28. The van der Waals surface area contributed by atoms with E-state index in [1.807, 2.05) is 17.0 Å². The van der Waals surface area contributed by atoms with Crippen LogP contribution in [0.25, 0.3) is 0 Å². The lowest BCUT2D eigenvalue weighted by Gasteiger charge is -2.34. The summed E-state index contributed by atoms with van der Waals surface area (Å²) in [5, 5.41) is 8.76. The van der Waals surface area contributed by atoms with Gasteiger partial charge in [0, 0.05) is 49.0 Å². The maximum atomic E-state index is 13.1. The molecule has 0 unspecified atom stereocenters. The zero-order chi connectivity index (χ0) is 20.4. The van der Waals surface area contributed by atoms with Crippen molar-refractivity contribution in [2.75, 3.05) is 26.2 Å². The molecule has 0 aliphatic carbocycles. The molecule has 1 aromatic carbocycles. The summed E-state index contributed by atoms with van der Waals surface area (Å²) >= 11 is 9.45. The Morgan fingerprint density at radius 2 is 2.03 bits per heavy atom. The molecule has 2 aromatic heterocycles. The van der Waals surface area contributed by atoms with Crippen LogP contribution >= 0.6 is 27.5 Å². The lowest BCUT2D eigenvalue weighted by atomic mass is 10.1. The first kappa shape index (κ1) is 20.1. The Bertz CT molecular complexity index is 1010. The fraction of sp³-hybridized carbons (Fsp3) is 0.350. The summed E-state index contributed by atoms with van der Waals surface area (Å²) < 4.78 is 8.07. The second-order valence-electron chi connectivity index (χ2n) is 7.12. The number of amides is 1. The number of aromatic nitrogens is 3. The minimum Gasteiger partial charge on any atom is -0.361 e. The Labute approximate surface area is 182 Å². The van der Waals surface area contributed by atoms with Gasteiger partial charge in [0.1, 0.15) is 5.76 Å². The van der Waals surface area contributed by atoms with Crippen LogP contribution in [0.4, 0.5) is 0 Å². The van der Waals surface area contributed by atoms with E-state index < -0.39 is 0 Å². The van der Waals surface area contributed by atoms with Gasteiger partial charge in [0.05, 0.1) is 17.8 Å². The van der Waals surface area contributed by atoms with Gasteiger partial charge in [-0.3, -0.25) is 14.4 Å². The van der Waals surface area contributed by atoms with E-state index in [2.05, 4.69) is 43.2 Å². The third kappa shape index (κ3) is 4.71. The highest BCUT2D eigenvalue weighted by Gasteiger charge is 2.28. The molecule has 0 saturated carbocycles. The molecule has 4 rings (SSSR count). The number of hydrogen-bond donors (Lipinski definition) is 0. The summed E-state index contributed by atoms with van der Waals surface area (Å²) in [5.74, 6) is 0.519. The molecule has 1 aliphatic rings. The van der Waals surface area contributed by atoms with E-state index in [0.29, 0.717) is 36.1 Å². The van der Waals surface area contributed by atoms with Crippen molar-refractivity contribution in [2.45, 2.75) is 20.0 Å². The summed E-state index contributed by atoms with van der Waals surface area (Å²) in [6, 6.07) is 8.31. The van der Waals surface area contributed by atoms with Gasteiger partial charge >= 0.3 is 0 Å². The zero-order valence-corrected chi connectivity index (χ0v) is 18.4. The predicted molar refractivity (Wildman–Crippen MR) is 113 cm³/mol. The lowest BCUT2D eigenvalue weighted by molar-refractivity contribution is 0.0617. The second-order valence-corrected chi connectivity index (χ2v) is 8.47. The molecule has 1 amide bonds. The largest absolute Gasteiger partial charge is 0.361 e. The van der Waals surface area contributed by atoms with E-state index in [1.54, 1.807) is 24.0 Å². The molecular formula is C20H21BrClN5O2. The van der Waals surface area contributed by atoms with Gasteiger partial charge in [-0.2, -0.15) is 5.10 Å². The number of benzene rings is 1. The Morgan fingerprint density at radius 3 is 2.72 bits per heavy atom. The average molecular weight is 479 g/mol. The molecule has 0 radical (unpaired) electrons. The van der Waals surface area contributed by atoms with Crippen LogP contribution in [0.5, 0.6) is 0 Å². The minimum absolute atomic E-state index is 0.0998. The zero-order valence-electron chi connectivity index (χ0n) is 16.0. The molecule has 0 atom stereocenters. The topological polar surface area (TPSA) is 67.4 Å². The molecule has 0 bridgehead atoms. The van der Waals surface area contributed by atoms with Crippen LogP contribution in [0.15, 0.2) is 45.7 Å². The Balaban J connectivity index is 1.40. The molecule has 29 heavy (non-hydrogen) atoms. The maximum Gasteiger partial charge on any atom is 0.276 e. The minimum atomic E-state index is -0.0998. The van der Waals surface area contributed by atoms with Crippen molar-refractivity contribution in [1.29, 1.82) is 0 Å². The fourth-order valence-electron chi connectivity index (χ4n) is 3.48. The molecule has 152 valence electrons. The van der Waals surface area contributed by atoms with Crippen LogP contribution in [0.3, 0.4) is 0 Å². The number of hydrogen-bond acceptors (Lipinski definition) is 5. The molecule has 0 N–H and O–H groups in total. The van der Waals surface area contributed by atoms with E-state index in [1.165, 1.54) is 5.56 Å². The Kier molecular flexibility index (Phi) is 6.03. The SMILES string of the molecule is Cc1onc(C(=O)N2CCN(Cc3cccc(Br)c3)CC2)c1Cn1cc(Cl)cn1. The van der Waals surface area contributed by atoms with Crippen LogP contribution < -0.4 is 0 Å². The van der Waals surface area contributed by atoms with Crippen LogP contribution in [-0.4, -0.2) is 56.8 Å². The molecule has 1 saturated heterocycles. The molecular weight excluding hydrogens is 458 g/mol. The van der Waals surface area contributed by atoms with Gasteiger partial charge in [-0.15, -0.1) is 0 Å². The molecule has 7 nitrogen and oxygen atoms in total. The van der Waals surface area contributed by atoms with Crippen molar-refractivity contribution < 1.29 is 9.32 Å². The van der Waals surface area contributed by atoms with Crippen molar-refractivity contribution >= 4 is 33.4 Å². The number of nitrogens with zero attached hydrogens (tertiary/aromatic N) is 5. The standard InChI is InChI=1S/C20H21BrClN5O2/c1-14-18(13-27-12-17(22)10-23-27)19(24-29-14)20(28)26-7-5-25(6-8-26)11-15-3-2-4-16(21)9-15/h2-4,9-10,12H,5-8,11,13H2,1H3. The molecule has 0 spiro atoms. The monoisotopic (exact) mass is 477 g/mol. The van der Waals surface area contributed by atoms with Crippen LogP contribution in [0, 0.1) is 6.92 Å². The van der Waals surface area contributed by atoms with Crippen LogP contribution in [0.1, 0.15) is 27.4 Å². The Hall–Kier alpha value is -2.16. The van der Waals surface area contributed by atoms with Gasteiger partial charge in [-0.25, -0.2) is 0 Å². The highest BCUT2D eigenvalue weighted by Crippen LogP contribution is 2.20. The second kappa shape index (κ2) is 8.69. The normalized spacial score (nSPS) is 15.1. The third-order valence-electron chi connectivity index (χ3n) is 5.06. The van der Waals surface area contributed by atoms with E-state index in [-0.39, 0.29) is 5.91 Å². The highest BCUT2D eigenvalue weighted by molar-refractivity contribution is 9.10. The molecule has 1 aliphatic heterocycles. The lowest BCUT2D eigenvalue weighted by Crippen LogP contribution is -2.48. The van der Waals surface area contributed by atoms with Crippen LogP contribution in [-0.2, 0) is 13.1 Å². The molecule has 1 fully saturated rings. The third-order valence-corrected chi connectivity index (χ3v) is 5.75. The first-order valence-electron chi connectivity index (χ1n) is 9.39. The number of carbonyl (C=O) groups excluding carboxylic acids is 1. The number of rotatable bonds is 5. The van der Waals surface area contributed by atoms with Crippen molar-refractivity contribution in [1.82, 2.24) is 24.7 Å². The summed E-state index contributed by atoms with van der Waals surface area (Å²) in [6.45, 7) is 6.03. The molecule has 9 heteroatoms. The highest BCUT2D eigenvalue weighted by atomic mass is 79.9. The fourth-order valence-corrected chi connectivity index (χ4v) is 4.09. The summed E-state index contributed by atoms with van der Waals surface area (Å²) in [7, 11) is 0. The van der Waals surface area contributed by atoms with Crippen LogP contribution in [0.2, 0.25) is 5.02 Å². The number of carbonyl (C=O) groups is 1. The quantitative estimate of drug-likeness (QED) is 0.560. The van der Waals surface area contributed by atoms with Crippen molar-refractivity contribution in [2.24, 2.45) is 0 Å². The van der Waals surface area contributed by atoms with Gasteiger partial charge in [0.25, 0.3) is 5.91 Å². The average Bonchev–Trinajstić information content (AvgIpc) is 3.28. The van der Waals surface area contributed by atoms with Gasteiger partial charge in [0.15, 0.2) is 5.69 Å². The number of halogens is 2. The van der Waals surface area contributed by atoms with Gasteiger partial charge in [-0.1, -0.05) is 44.8 Å². The van der Waals surface area contributed by atoms with Gasteiger partial charge in [-0.05, 0) is 24.6 Å². The van der Waals surface area contributed by atoms with E-state index in [0.717, 1.165) is 29.7 Å². The molecule has 3 aromatic rings. The van der Waals surface area contributed by atoms with E-state index in [9.17, 15) is 4.79 Å². The number of piperazine rings is 1. The summed E-state index contributed by atoms with van der Waals surface area (Å²) in [4.78, 5) is 17.3. The first-order chi connectivity index (χ1) is 14.0. The molecule has 3 heterocycles. The Morgan fingerprint density at radius 1 is 1.24 bits per heavy atom. The smallest absolute Gasteiger partial charge is 0.276 e. The van der Waals surface area contributed by atoms with E-state index >= 15 is 0 Å². The van der Waals surface area contributed by atoms with E-state index in [4.69, 9.17) is 16.1 Å². The first-order valence-corrected chi connectivity index (χ1v) is 10.6. The van der Waals surface area contributed by atoms with Crippen molar-refractivity contribution in [3.63, 3.8) is 0 Å². The van der Waals surface area contributed by atoms with Gasteiger partial charge in [0.2, 0.25) is 0 Å². The van der Waals surface area contributed by atoms with Gasteiger partial charge < -0.3 is 9.42 Å². The van der Waals surface area contributed by atoms with Crippen molar-refractivity contribution in [3.8, 4) is 0 Å².